The van der Waals surface area contributed by atoms with Gasteiger partial charge in [0, 0.05) is 10.9 Å². The minimum Gasteiger partial charge on any atom is -0.330 e. The van der Waals surface area contributed by atoms with Gasteiger partial charge in [-0.1, -0.05) is 30.7 Å². The minimum atomic E-state index is -0.998. The second kappa shape index (κ2) is 4.58. The lowest BCUT2D eigenvalue weighted by atomic mass is 9.99. The maximum absolute atomic E-state index is 13.5. The van der Waals surface area contributed by atoms with Gasteiger partial charge in [0.15, 0.2) is 0 Å². The third kappa shape index (κ3) is 2.68. The summed E-state index contributed by atoms with van der Waals surface area (Å²) in [6.07, 6.45) is -0.998. The molecule has 1 nitrogen and oxygen atoms in total. The van der Waals surface area contributed by atoms with Crippen molar-refractivity contribution < 1.29 is 4.39 Å². The molecule has 2 N–H and O–H groups in total. The van der Waals surface area contributed by atoms with E-state index in [9.17, 15) is 4.39 Å². The molecule has 0 amide bonds. The molecule has 0 spiro atoms. The zero-order valence-corrected chi connectivity index (χ0v) is 8.26. The fourth-order valence-corrected chi connectivity index (χ4v) is 1.22. The van der Waals surface area contributed by atoms with Crippen LogP contribution in [-0.2, 0) is 0 Å². The van der Waals surface area contributed by atoms with Crippen molar-refractivity contribution in [3.05, 3.63) is 34.9 Å². The van der Waals surface area contributed by atoms with Crippen molar-refractivity contribution in [1.82, 2.24) is 0 Å². The van der Waals surface area contributed by atoms with Gasteiger partial charge in [0.2, 0.25) is 0 Å². The van der Waals surface area contributed by atoms with Gasteiger partial charge in [0.1, 0.15) is 6.17 Å². The van der Waals surface area contributed by atoms with Crippen LogP contribution >= 0.6 is 11.6 Å². The molecule has 2 unspecified atom stereocenters. The highest BCUT2D eigenvalue weighted by Gasteiger charge is 2.16. The first-order chi connectivity index (χ1) is 6.15. The maximum atomic E-state index is 13.5. The molecule has 0 bridgehead atoms. The first-order valence-electron chi connectivity index (χ1n) is 4.24. The molecule has 0 heterocycles. The summed E-state index contributed by atoms with van der Waals surface area (Å²) < 4.78 is 13.5. The van der Waals surface area contributed by atoms with Crippen LogP contribution in [0.15, 0.2) is 24.3 Å². The summed E-state index contributed by atoms with van der Waals surface area (Å²) in [6.45, 7) is 2.14. The number of halogens is 2. The highest BCUT2D eigenvalue weighted by atomic mass is 35.5. The van der Waals surface area contributed by atoms with Crippen LogP contribution in [0.2, 0.25) is 5.02 Å². The van der Waals surface area contributed by atoms with E-state index < -0.39 is 6.17 Å². The highest BCUT2D eigenvalue weighted by Crippen LogP contribution is 2.26. The third-order valence-corrected chi connectivity index (χ3v) is 2.31. The fourth-order valence-electron chi connectivity index (χ4n) is 1.09. The normalized spacial score (nSPS) is 15.4. The quantitative estimate of drug-likeness (QED) is 0.800. The Hall–Kier alpha value is -0.600. The molecule has 0 saturated carbocycles. The molecule has 72 valence electrons. The second-order valence-electron chi connectivity index (χ2n) is 3.17. The predicted octanol–water partition coefficient (Wildman–Crippen LogP) is 2.95. The Labute approximate surface area is 82.7 Å². The van der Waals surface area contributed by atoms with E-state index in [0.717, 1.165) is 0 Å². The van der Waals surface area contributed by atoms with Crippen molar-refractivity contribution >= 4 is 11.6 Å². The molecule has 2 atom stereocenters. The monoisotopic (exact) mass is 201 g/mol. The van der Waals surface area contributed by atoms with E-state index >= 15 is 0 Å². The van der Waals surface area contributed by atoms with Crippen molar-refractivity contribution in [3.63, 3.8) is 0 Å². The number of alkyl halides is 1. The molecule has 0 fully saturated rings. The first kappa shape index (κ1) is 10.5. The lowest BCUT2D eigenvalue weighted by molar-refractivity contribution is 0.252. The van der Waals surface area contributed by atoms with Crippen molar-refractivity contribution in [2.75, 3.05) is 6.54 Å². The summed E-state index contributed by atoms with van der Waals surface area (Å²) in [7, 11) is 0. The Morgan fingerprint density at radius 2 is 1.92 bits per heavy atom. The van der Waals surface area contributed by atoms with E-state index in [1.165, 1.54) is 0 Å². The van der Waals surface area contributed by atoms with Gasteiger partial charge >= 0.3 is 0 Å². The van der Waals surface area contributed by atoms with Crippen LogP contribution in [0, 0.1) is 5.92 Å². The van der Waals surface area contributed by atoms with Gasteiger partial charge in [-0.15, -0.1) is 0 Å². The van der Waals surface area contributed by atoms with Gasteiger partial charge in [-0.3, -0.25) is 0 Å². The molecular formula is C10H13ClFN. The SMILES string of the molecule is CC(CN)C(F)c1ccc(Cl)cc1. The first-order valence-corrected chi connectivity index (χ1v) is 4.62. The van der Waals surface area contributed by atoms with Gasteiger partial charge in [-0.2, -0.15) is 0 Å². The topological polar surface area (TPSA) is 26.0 Å². The fraction of sp³-hybridized carbons (Fsp3) is 0.400. The number of hydrogen-bond donors (Lipinski definition) is 1. The van der Waals surface area contributed by atoms with E-state index in [1.807, 2.05) is 0 Å². The summed E-state index contributed by atoms with van der Waals surface area (Å²) in [6, 6.07) is 6.76. The average Bonchev–Trinajstić information content (AvgIpc) is 2.17. The lowest BCUT2D eigenvalue weighted by Gasteiger charge is -2.14. The highest BCUT2D eigenvalue weighted by molar-refractivity contribution is 6.30. The molecule has 1 aromatic carbocycles. The Morgan fingerprint density at radius 3 is 2.38 bits per heavy atom. The number of rotatable bonds is 3. The molecule has 0 aliphatic carbocycles. The molecular weight excluding hydrogens is 189 g/mol. The molecule has 0 radical (unpaired) electrons. The summed E-state index contributed by atoms with van der Waals surface area (Å²) in [4.78, 5) is 0. The zero-order chi connectivity index (χ0) is 9.84. The van der Waals surface area contributed by atoms with Crippen molar-refractivity contribution in [2.24, 2.45) is 11.7 Å². The van der Waals surface area contributed by atoms with Crippen LogP contribution in [0.4, 0.5) is 4.39 Å². The number of nitrogens with two attached hydrogens (primary N) is 1. The number of hydrogen-bond acceptors (Lipinski definition) is 1. The smallest absolute Gasteiger partial charge is 0.129 e. The van der Waals surface area contributed by atoms with Crippen LogP contribution < -0.4 is 5.73 Å². The summed E-state index contributed by atoms with van der Waals surface area (Å²) >= 11 is 5.68. The number of benzene rings is 1. The van der Waals surface area contributed by atoms with Crippen LogP contribution in [0.3, 0.4) is 0 Å². The maximum Gasteiger partial charge on any atom is 0.129 e. The summed E-state index contributed by atoms with van der Waals surface area (Å²) in [5.41, 5.74) is 6.02. The second-order valence-corrected chi connectivity index (χ2v) is 3.60. The van der Waals surface area contributed by atoms with Crippen LogP contribution in [0.5, 0.6) is 0 Å². The van der Waals surface area contributed by atoms with Gasteiger partial charge in [-0.05, 0) is 24.2 Å². The summed E-state index contributed by atoms with van der Waals surface area (Å²) in [5.74, 6) is -0.152. The van der Waals surface area contributed by atoms with Crippen molar-refractivity contribution in [2.45, 2.75) is 13.1 Å². The van der Waals surface area contributed by atoms with Crippen LogP contribution in [0.1, 0.15) is 18.7 Å². The third-order valence-electron chi connectivity index (χ3n) is 2.06. The Morgan fingerprint density at radius 1 is 1.38 bits per heavy atom. The molecule has 0 aliphatic heterocycles. The van der Waals surface area contributed by atoms with Gasteiger partial charge in [0.05, 0.1) is 0 Å². The molecule has 0 aliphatic rings. The molecule has 1 aromatic rings. The van der Waals surface area contributed by atoms with Crippen LogP contribution in [-0.4, -0.2) is 6.54 Å². The van der Waals surface area contributed by atoms with Crippen LogP contribution in [0.25, 0.3) is 0 Å². The molecule has 1 rings (SSSR count). The lowest BCUT2D eigenvalue weighted by Crippen LogP contribution is -2.16. The van der Waals surface area contributed by atoms with E-state index in [0.29, 0.717) is 17.1 Å². The van der Waals surface area contributed by atoms with E-state index in [4.69, 9.17) is 17.3 Å². The van der Waals surface area contributed by atoms with E-state index in [-0.39, 0.29) is 5.92 Å². The van der Waals surface area contributed by atoms with E-state index in [1.54, 1.807) is 31.2 Å². The van der Waals surface area contributed by atoms with Gasteiger partial charge < -0.3 is 5.73 Å². The molecule has 13 heavy (non-hydrogen) atoms. The summed E-state index contributed by atoms with van der Waals surface area (Å²) in [5, 5.41) is 0.622. The van der Waals surface area contributed by atoms with E-state index in [2.05, 4.69) is 0 Å². The van der Waals surface area contributed by atoms with Crippen molar-refractivity contribution in [3.8, 4) is 0 Å². The molecule has 3 heteroatoms. The minimum absolute atomic E-state index is 0.152. The van der Waals surface area contributed by atoms with Gasteiger partial charge in [0.25, 0.3) is 0 Å². The molecule has 0 aromatic heterocycles. The van der Waals surface area contributed by atoms with Gasteiger partial charge in [-0.25, -0.2) is 4.39 Å². The largest absolute Gasteiger partial charge is 0.330 e. The Balaban J connectivity index is 2.77. The Kier molecular flexibility index (Phi) is 3.70. The zero-order valence-electron chi connectivity index (χ0n) is 7.50. The predicted molar refractivity (Wildman–Crippen MR) is 53.5 cm³/mol. The van der Waals surface area contributed by atoms with Crippen molar-refractivity contribution in [1.29, 1.82) is 0 Å². The average molecular weight is 202 g/mol. The molecule has 0 saturated heterocycles. The Bertz CT molecular complexity index is 260. The standard InChI is InChI=1S/C10H13ClFN/c1-7(6-13)10(12)8-2-4-9(11)5-3-8/h2-5,7,10H,6,13H2,1H3.